The van der Waals surface area contributed by atoms with Gasteiger partial charge in [0.1, 0.15) is 36.6 Å². The summed E-state index contributed by atoms with van der Waals surface area (Å²) >= 11 is 0. The van der Waals surface area contributed by atoms with Gasteiger partial charge in [-0.2, -0.15) is 0 Å². The Morgan fingerprint density at radius 3 is 1.43 bits per heavy atom. The first-order valence-corrected chi connectivity index (χ1v) is 23.9. The highest BCUT2D eigenvalue weighted by atomic mass is 16.6. The number of rotatable bonds is 5. The fourth-order valence-corrected chi connectivity index (χ4v) is 16.6. The number of nitrogens with zero attached hydrogens (tertiary/aromatic N) is 3. The summed E-state index contributed by atoms with van der Waals surface area (Å²) in [5.74, 6) is 2.79. The van der Waals surface area contributed by atoms with E-state index in [9.17, 15) is 25.5 Å². The molecule has 0 amide bonds. The summed E-state index contributed by atoms with van der Waals surface area (Å²) in [5.41, 5.74) is 5.37. The van der Waals surface area contributed by atoms with Gasteiger partial charge in [0.05, 0.1) is 6.61 Å². The van der Waals surface area contributed by atoms with E-state index in [1.165, 1.54) is 0 Å². The highest BCUT2D eigenvalue weighted by Crippen LogP contribution is 2.69. The van der Waals surface area contributed by atoms with E-state index in [2.05, 4.69) is 66.2 Å². The lowest BCUT2D eigenvalue weighted by molar-refractivity contribution is -0.0454. The van der Waals surface area contributed by atoms with Gasteiger partial charge in [0.25, 0.3) is 0 Å². The average molecular weight is 882 g/mol. The molecule has 3 spiro atoms. The van der Waals surface area contributed by atoms with Crippen molar-refractivity contribution in [2.45, 2.75) is 116 Å². The minimum atomic E-state index is -0.853. The Kier molecular flexibility index (Phi) is 7.39. The molecule has 0 unspecified atom stereocenters. The third-order valence-electron chi connectivity index (χ3n) is 19.4. The van der Waals surface area contributed by atoms with Crippen LogP contribution >= 0.6 is 0 Å². The van der Waals surface area contributed by atoms with Gasteiger partial charge in [-0.25, -0.2) is 0 Å². The quantitative estimate of drug-likeness (QED) is 0.236. The molecule has 3 fully saturated rings. The molecule has 3 aromatic carbocycles. The first kappa shape index (κ1) is 38.5. The SMILES string of the molecule is CN1CC[C@]23c4c5cc(Oc6c(Oc7c(CO)cc8c9c7O[C@H]7[C@@H](O)C=C[C@H]%10[C@@H](C8)N(C)CC[C@@]9%107)cc7c8c6O[C@H]6[C@@H](O)C=C[C@H]9[C@@H](C7)N(C)CC[C@@]896)c(O)c4O[C@H]2[C@@H](O)C=C[C@H]3[C@H]1C5. The molecule has 338 valence electrons. The van der Waals surface area contributed by atoms with Gasteiger partial charge in [-0.3, -0.25) is 0 Å². The van der Waals surface area contributed by atoms with E-state index in [1.54, 1.807) is 0 Å². The molecule has 12 aliphatic rings. The van der Waals surface area contributed by atoms with Crippen LogP contribution in [0.15, 0.2) is 54.7 Å². The van der Waals surface area contributed by atoms with Crippen molar-refractivity contribution in [3.8, 4) is 46.0 Å². The maximum Gasteiger partial charge on any atom is 0.212 e. The van der Waals surface area contributed by atoms with Crippen LogP contribution in [-0.4, -0.2) is 136 Å². The molecule has 13 nitrogen and oxygen atoms in total. The largest absolute Gasteiger partial charge is 0.502 e. The molecule has 0 radical (unpaired) electrons. The number of likely N-dealkylation sites (N-methyl/N-ethyl adjacent to an activating group) is 3. The molecule has 0 aromatic heterocycles. The smallest absolute Gasteiger partial charge is 0.212 e. The number of likely N-dealkylation sites (tertiary alicyclic amines) is 3. The lowest BCUT2D eigenvalue weighted by Crippen LogP contribution is -2.64. The normalized spacial score (nSPS) is 42.1. The maximum absolute atomic E-state index is 12.5. The van der Waals surface area contributed by atoms with Crippen LogP contribution in [0.3, 0.4) is 0 Å². The molecule has 5 N–H and O–H groups in total. The topological polar surface area (TPSA) is 157 Å². The fourth-order valence-electron chi connectivity index (χ4n) is 16.6. The standard InChI is InChI=1S/C52H55N3O10/c1-53-14-11-51-28-5-8-34(58)48(51)64-45-39(51)23(17-30(28)53)16-26(22-56)42(45)62-37-21-25-19-32-29-6-9-35(59)49-52(29,12-15-55(32)3)40(25)46(65-49)43(37)61-36-20-24-18-31-27-4-7-33(57)47-50(27,10-13-54(31)2)38(24)44(63-47)41(36)60/h4-9,16,20-21,27-35,47-49,56-60H,10-15,17-19,22H2,1-3H3/t27-,28-,29-,30+,31+,32+,33-,34-,35-,47-,48-,49-,50-,51-,52-/m0/s1. The van der Waals surface area contributed by atoms with Gasteiger partial charge in [-0.15, -0.1) is 0 Å². The van der Waals surface area contributed by atoms with Crippen molar-refractivity contribution in [2.24, 2.45) is 17.8 Å². The number of hydrogen-bond acceptors (Lipinski definition) is 13. The van der Waals surface area contributed by atoms with Crippen LogP contribution in [0.4, 0.5) is 0 Å². The van der Waals surface area contributed by atoms with Crippen molar-refractivity contribution >= 4 is 0 Å². The maximum atomic E-state index is 12.5. The van der Waals surface area contributed by atoms with E-state index >= 15 is 0 Å². The summed E-state index contributed by atoms with van der Waals surface area (Å²) < 4.78 is 35.3. The molecule has 6 bridgehead atoms. The Hall–Kier alpha value is -4.60. The highest BCUT2D eigenvalue weighted by molar-refractivity contribution is 5.73. The predicted octanol–water partition coefficient (Wildman–Crippen LogP) is 3.89. The van der Waals surface area contributed by atoms with Crippen molar-refractivity contribution < 1.29 is 49.2 Å². The number of aliphatic hydroxyl groups is 4. The predicted molar refractivity (Wildman–Crippen MR) is 235 cm³/mol. The van der Waals surface area contributed by atoms with Crippen molar-refractivity contribution in [2.75, 3.05) is 40.8 Å². The molecule has 6 aliphatic heterocycles. The molecule has 3 aromatic rings. The van der Waals surface area contributed by atoms with Crippen LogP contribution in [0, 0.1) is 17.8 Å². The van der Waals surface area contributed by atoms with Crippen LogP contribution in [0.5, 0.6) is 46.0 Å². The van der Waals surface area contributed by atoms with Gasteiger partial charge in [0.15, 0.2) is 34.5 Å². The molecule has 15 rings (SSSR count). The third-order valence-corrected chi connectivity index (χ3v) is 19.4. The van der Waals surface area contributed by atoms with Crippen LogP contribution in [0.1, 0.15) is 58.2 Å². The number of ether oxygens (including phenoxy) is 5. The fraction of sp³-hybridized carbons (Fsp3) is 0.538. The Morgan fingerprint density at radius 1 is 0.554 bits per heavy atom. The molecule has 3 saturated heterocycles. The first-order valence-electron chi connectivity index (χ1n) is 23.9. The lowest BCUT2D eigenvalue weighted by atomic mass is 9.53. The van der Waals surface area contributed by atoms with E-state index in [-0.39, 0.29) is 59.7 Å². The van der Waals surface area contributed by atoms with Gasteiger partial charge in [0, 0.05) is 74.4 Å². The summed E-state index contributed by atoms with van der Waals surface area (Å²) in [6, 6.07) is 6.65. The van der Waals surface area contributed by atoms with E-state index < -0.39 is 52.9 Å². The van der Waals surface area contributed by atoms with Gasteiger partial charge < -0.3 is 63.9 Å². The minimum absolute atomic E-state index is 0.103. The molecule has 0 saturated carbocycles. The van der Waals surface area contributed by atoms with E-state index in [1.807, 2.05) is 24.3 Å². The minimum Gasteiger partial charge on any atom is -0.502 e. The summed E-state index contributed by atoms with van der Waals surface area (Å²) in [4.78, 5) is 7.24. The highest BCUT2D eigenvalue weighted by Gasteiger charge is 2.68. The van der Waals surface area contributed by atoms with E-state index in [0.717, 1.165) is 85.1 Å². The van der Waals surface area contributed by atoms with Gasteiger partial charge in [-0.05, 0) is 114 Å². The van der Waals surface area contributed by atoms with Gasteiger partial charge >= 0.3 is 0 Å². The average Bonchev–Trinajstić information content (AvgIpc) is 3.96. The van der Waals surface area contributed by atoms with Crippen LogP contribution in [0.2, 0.25) is 0 Å². The zero-order valence-electron chi connectivity index (χ0n) is 36.8. The Balaban J connectivity index is 0.936. The Bertz CT molecular complexity index is 2770. The van der Waals surface area contributed by atoms with Crippen molar-refractivity contribution in [1.29, 1.82) is 0 Å². The number of phenols is 1. The number of piperidine rings is 3. The van der Waals surface area contributed by atoms with Gasteiger partial charge in [0.2, 0.25) is 11.5 Å². The second-order valence-corrected chi connectivity index (χ2v) is 21.7. The molecule has 6 heterocycles. The van der Waals surface area contributed by atoms with Crippen molar-refractivity contribution in [1.82, 2.24) is 14.7 Å². The summed E-state index contributed by atoms with van der Waals surface area (Å²) in [6.07, 6.45) is 12.7. The second-order valence-electron chi connectivity index (χ2n) is 21.7. The summed E-state index contributed by atoms with van der Waals surface area (Å²) in [6.45, 7) is 2.26. The molecule has 13 heteroatoms. The number of benzene rings is 3. The first-order chi connectivity index (χ1) is 31.5. The number of aliphatic hydroxyl groups excluding tert-OH is 4. The summed E-state index contributed by atoms with van der Waals surface area (Å²) in [5, 5.41) is 58.5. The van der Waals surface area contributed by atoms with Crippen molar-refractivity contribution in [3.63, 3.8) is 0 Å². The van der Waals surface area contributed by atoms with Crippen LogP contribution < -0.4 is 23.7 Å². The van der Waals surface area contributed by atoms with E-state index in [4.69, 9.17) is 23.7 Å². The number of phenolic OH excluding ortho intramolecular Hbond substituents is 1. The van der Waals surface area contributed by atoms with Crippen LogP contribution in [-0.2, 0) is 42.1 Å². The molecule has 6 aliphatic carbocycles. The monoisotopic (exact) mass is 881 g/mol. The Labute approximate surface area is 377 Å². The van der Waals surface area contributed by atoms with E-state index in [0.29, 0.717) is 40.7 Å². The zero-order valence-corrected chi connectivity index (χ0v) is 36.8. The summed E-state index contributed by atoms with van der Waals surface area (Å²) in [7, 11) is 6.51. The molecular formula is C52H55N3O10. The zero-order chi connectivity index (χ0) is 43.8. The van der Waals surface area contributed by atoms with Crippen molar-refractivity contribution in [3.05, 3.63) is 93.6 Å². The second kappa shape index (κ2) is 12.5. The van der Waals surface area contributed by atoms with Gasteiger partial charge in [-0.1, -0.05) is 36.5 Å². The van der Waals surface area contributed by atoms with Crippen LogP contribution in [0.25, 0.3) is 0 Å². The Morgan fingerprint density at radius 2 is 0.954 bits per heavy atom. The molecular weight excluding hydrogens is 827 g/mol. The number of aromatic hydroxyl groups is 1. The number of hydrogen-bond donors (Lipinski definition) is 5. The molecule has 15 atom stereocenters. The molecule has 65 heavy (non-hydrogen) atoms. The lowest BCUT2D eigenvalue weighted by Gasteiger charge is -2.56. The third kappa shape index (κ3) is 4.34.